The van der Waals surface area contributed by atoms with E-state index in [0.29, 0.717) is 23.5 Å². The summed E-state index contributed by atoms with van der Waals surface area (Å²) >= 11 is 0. The molecule has 8 heteroatoms. The summed E-state index contributed by atoms with van der Waals surface area (Å²) < 4.78 is 11.6. The fourth-order valence-electron chi connectivity index (χ4n) is 4.04. The molecular weight excluding hydrogens is 398 g/mol. The fraction of sp³-hybridized carbons (Fsp3) is 0.348. The highest BCUT2D eigenvalue weighted by Crippen LogP contribution is 2.41. The first-order chi connectivity index (χ1) is 14.8. The van der Waals surface area contributed by atoms with Crippen LogP contribution in [-0.4, -0.2) is 35.1 Å². The van der Waals surface area contributed by atoms with Gasteiger partial charge in [0.25, 0.3) is 11.8 Å². The molecule has 0 radical (unpaired) electrons. The molecule has 31 heavy (non-hydrogen) atoms. The Morgan fingerprint density at radius 1 is 1.16 bits per heavy atom. The maximum absolute atomic E-state index is 13.1. The lowest BCUT2D eigenvalue weighted by Gasteiger charge is -2.25. The van der Waals surface area contributed by atoms with Gasteiger partial charge in [0.15, 0.2) is 18.1 Å². The van der Waals surface area contributed by atoms with Gasteiger partial charge >= 0.3 is 6.03 Å². The predicted molar refractivity (Wildman–Crippen MR) is 112 cm³/mol. The molecule has 2 aromatic rings. The molecule has 8 nitrogen and oxygen atoms in total. The van der Waals surface area contributed by atoms with E-state index in [2.05, 4.69) is 10.7 Å². The molecule has 4 amide bonds. The Morgan fingerprint density at radius 2 is 1.90 bits per heavy atom. The Morgan fingerprint density at radius 3 is 2.61 bits per heavy atom. The monoisotopic (exact) mass is 423 g/mol. The molecule has 2 aromatic carbocycles. The van der Waals surface area contributed by atoms with Crippen molar-refractivity contribution in [1.82, 2.24) is 15.8 Å². The molecule has 2 aliphatic rings. The molecule has 0 saturated carbocycles. The van der Waals surface area contributed by atoms with Crippen LogP contribution in [0.2, 0.25) is 0 Å². The number of hydrogen-bond donors (Lipinski definition) is 2. The van der Waals surface area contributed by atoms with E-state index in [1.165, 1.54) is 0 Å². The highest BCUT2D eigenvalue weighted by molar-refractivity contribution is 6.08. The zero-order valence-electron chi connectivity index (χ0n) is 17.7. The Balaban J connectivity index is 1.44. The van der Waals surface area contributed by atoms with Crippen molar-refractivity contribution in [3.63, 3.8) is 0 Å². The summed E-state index contributed by atoms with van der Waals surface area (Å²) in [7, 11) is 0. The minimum atomic E-state index is -1.22. The number of para-hydroxylation sites is 1. The molecule has 2 aliphatic heterocycles. The number of nitrogens with one attached hydrogen (secondary N) is 2. The standard InChI is InChI=1S/C23H25N3O5/c1-4-23(16-10-6-5-7-11-16)20(28)26(21(29)24-23)25-18(27)14-30-17-12-8-9-15-13-22(2,3)31-19(15)17/h5-12H,4,13-14H2,1-3H3,(H,24,29)(H,25,27)/t23-/m0/s1. The van der Waals surface area contributed by atoms with E-state index in [9.17, 15) is 14.4 Å². The minimum Gasteiger partial charge on any atom is -0.483 e. The van der Waals surface area contributed by atoms with Crippen LogP contribution in [0.3, 0.4) is 0 Å². The van der Waals surface area contributed by atoms with Crippen molar-refractivity contribution in [3.8, 4) is 11.5 Å². The average molecular weight is 423 g/mol. The van der Waals surface area contributed by atoms with E-state index < -0.39 is 23.4 Å². The van der Waals surface area contributed by atoms with Gasteiger partial charge in [-0.2, -0.15) is 5.01 Å². The highest BCUT2D eigenvalue weighted by atomic mass is 16.5. The second-order valence-electron chi connectivity index (χ2n) is 8.30. The second-order valence-corrected chi connectivity index (χ2v) is 8.30. The third kappa shape index (κ3) is 3.69. The van der Waals surface area contributed by atoms with Crippen LogP contribution >= 0.6 is 0 Å². The molecule has 0 spiro atoms. The zero-order valence-corrected chi connectivity index (χ0v) is 17.7. The van der Waals surface area contributed by atoms with Crippen LogP contribution in [0.5, 0.6) is 11.5 Å². The lowest BCUT2D eigenvalue weighted by Crippen LogP contribution is -2.49. The van der Waals surface area contributed by atoms with E-state index in [4.69, 9.17) is 9.47 Å². The van der Waals surface area contributed by atoms with Crippen LogP contribution in [0.15, 0.2) is 48.5 Å². The van der Waals surface area contributed by atoms with Crippen molar-refractivity contribution >= 4 is 17.8 Å². The summed E-state index contributed by atoms with van der Waals surface area (Å²) in [5, 5.41) is 3.44. The first kappa shape index (κ1) is 20.7. The van der Waals surface area contributed by atoms with Gasteiger partial charge in [-0.25, -0.2) is 4.79 Å². The molecular formula is C23H25N3O5. The number of carbonyl (C=O) groups excluding carboxylic acids is 3. The fourth-order valence-corrected chi connectivity index (χ4v) is 4.04. The first-order valence-corrected chi connectivity index (χ1v) is 10.2. The van der Waals surface area contributed by atoms with Crippen LogP contribution in [0.4, 0.5) is 4.79 Å². The Hall–Kier alpha value is -3.55. The van der Waals surface area contributed by atoms with Crippen molar-refractivity contribution in [2.24, 2.45) is 0 Å². The number of nitrogens with zero attached hydrogens (tertiary/aromatic N) is 1. The summed E-state index contributed by atoms with van der Waals surface area (Å²) in [5.41, 5.74) is 2.46. The summed E-state index contributed by atoms with van der Waals surface area (Å²) in [6, 6.07) is 13.8. The van der Waals surface area contributed by atoms with Gasteiger partial charge in [-0.15, -0.1) is 0 Å². The van der Waals surface area contributed by atoms with Crippen molar-refractivity contribution in [3.05, 3.63) is 59.7 Å². The molecule has 0 unspecified atom stereocenters. The topological polar surface area (TPSA) is 97.0 Å². The number of fused-ring (bicyclic) bond motifs is 1. The number of urea groups is 1. The van der Waals surface area contributed by atoms with E-state index in [1.54, 1.807) is 37.3 Å². The first-order valence-electron chi connectivity index (χ1n) is 10.2. The minimum absolute atomic E-state index is 0.341. The van der Waals surface area contributed by atoms with E-state index in [-0.39, 0.29) is 12.2 Å². The largest absolute Gasteiger partial charge is 0.483 e. The van der Waals surface area contributed by atoms with E-state index in [0.717, 1.165) is 17.0 Å². The lowest BCUT2D eigenvalue weighted by molar-refractivity contribution is -0.140. The van der Waals surface area contributed by atoms with Crippen LogP contribution in [0, 0.1) is 0 Å². The maximum atomic E-state index is 13.1. The molecule has 4 rings (SSSR count). The molecule has 2 heterocycles. The number of hydrogen-bond acceptors (Lipinski definition) is 5. The molecule has 2 N–H and O–H groups in total. The van der Waals surface area contributed by atoms with Gasteiger partial charge in [-0.05, 0) is 31.9 Å². The maximum Gasteiger partial charge on any atom is 0.344 e. The molecule has 1 atom stereocenters. The molecule has 0 bridgehead atoms. The number of ether oxygens (including phenoxy) is 2. The third-order valence-corrected chi connectivity index (χ3v) is 5.54. The summed E-state index contributed by atoms with van der Waals surface area (Å²) in [6.45, 7) is 5.39. The van der Waals surface area contributed by atoms with Crippen molar-refractivity contribution in [1.29, 1.82) is 0 Å². The Labute approximate surface area is 180 Å². The number of amides is 4. The average Bonchev–Trinajstić information content (AvgIpc) is 3.20. The van der Waals surface area contributed by atoms with Gasteiger partial charge in [0.05, 0.1) is 0 Å². The predicted octanol–water partition coefficient (Wildman–Crippen LogP) is 2.67. The number of rotatable bonds is 6. The number of imide groups is 1. The molecule has 0 aromatic heterocycles. The Bertz CT molecular complexity index is 1040. The van der Waals surface area contributed by atoms with E-state index in [1.807, 2.05) is 32.0 Å². The van der Waals surface area contributed by atoms with Gasteiger partial charge in [0, 0.05) is 12.0 Å². The molecule has 0 aliphatic carbocycles. The van der Waals surface area contributed by atoms with Crippen LogP contribution in [-0.2, 0) is 21.5 Å². The summed E-state index contributed by atoms with van der Waals surface area (Å²) in [6.07, 6.45) is 1.08. The number of hydrazine groups is 1. The molecule has 1 fully saturated rings. The third-order valence-electron chi connectivity index (χ3n) is 5.54. The van der Waals surface area contributed by atoms with E-state index >= 15 is 0 Å². The number of benzene rings is 2. The zero-order chi connectivity index (χ0) is 22.2. The Kier molecular flexibility index (Phi) is 5.08. The smallest absolute Gasteiger partial charge is 0.344 e. The quantitative estimate of drug-likeness (QED) is 0.697. The normalized spacial score (nSPS) is 21.3. The summed E-state index contributed by atoms with van der Waals surface area (Å²) in [5.74, 6) is -0.101. The van der Waals surface area contributed by atoms with Crippen molar-refractivity contribution < 1.29 is 23.9 Å². The van der Waals surface area contributed by atoms with Crippen LogP contribution in [0.25, 0.3) is 0 Å². The van der Waals surface area contributed by atoms with Gasteiger partial charge < -0.3 is 14.8 Å². The number of carbonyl (C=O) groups is 3. The van der Waals surface area contributed by atoms with Crippen molar-refractivity contribution in [2.75, 3.05) is 6.61 Å². The van der Waals surface area contributed by atoms with Gasteiger partial charge in [-0.3, -0.25) is 15.0 Å². The van der Waals surface area contributed by atoms with Crippen molar-refractivity contribution in [2.45, 2.75) is 44.8 Å². The molecule has 1 saturated heterocycles. The molecule has 162 valence electrons. The van der Waals surface area contributed by atoms with Gasteiger partial charge in [0.2, 0.25) is 0 Å². The van der Waals surface area contributed by atoms with Crippen LogP contribution in [0.1, 0.15) is 38.3 Å². The second kappa shape index (κ2) is 7.61. The van der Waals surface area contributed by atoms with Gasteiger partial charge in [-0.1, -0.05) is 49.4 Å². The lowest BCUT2D eigenvalue weighted by atomic mass is 9.87. The highest BCUT2D eigenvalue weighted by Gasteiger charge is 2.52. The summed E-state index contributed by atoms with van der Waals surface area (Å²) in [4.78, 5) is 38.0. The van der Waals surface area contributed by atoms with Gasteiger partial charge in [0.1, 0.15) is 11.1 Å². The SMILES string of the molecule is CC[C@@]1(c2ccccc2)NC(=O)N(NC(=O)COc2cccc3c2OC(C)(C)C3)C1=O. The van der Waals surface area contributed by atoms with Crippen LogP contribution < -0.4 is 20.2 Å².